The van der Waals surface area contributed by atoms with E-state index in [-0.39, 0.29) is 5.56 Å². The number of anilines is 1. The fraction of sp³-hybridized carbons (Fsp3) is 0.368. The Morgan fingerprint density at radius 2 is 1.58 bits per heavy atom. The molecule has 1 unspecified atom stereocenters. The number of aliphatic hydroxyl groups is 1. The quantitative estimate of drug-likeness (QED) is 0.930. The molecule has 0 amide bonds. The summed E-state index contributed by atoms with van der Waals surface area (Å²) in [4.78, 5) is 2.21. The number of hydrogen-bond donors (Lipinski definition) is 1. The molecular formula is C19H21F2NO2. The van der Waals surface area contributed by atoms with Crippen LogP contribution in [0.5, 0.6) is 0 Å². The van der Waals surface area contributed by atoms with Crippen molar-refractivity contribution in [2.75, 3.05) is 31.2 Å². The molecule has 1 saturated heterocycles. The van der Waals surface area contributed by atoms with Gasteiger partial charge in [0.1, 0.15) is 17.2 Å². The third-order valence-corrected chi connectivity index (χ3v) is 4.57. The first-order valence-corrected chi connectivity index (χ1v) is 8.15. The maximum absolute atomic E-state index is 13.5. The van der Waals surface area contributed by atoms with Gasteiger partial charge in [0.25, 0.3) is 0 Å². The topological polar surface area (TPSA) is 32.7 Å². The number of morpholine rings is 1. The first kappa shape index (κ1) is 16.9. The predicted molar refractivity (Wildman–Crippen MR) is 89.1 cm³/mol. The van der Waals surface area contributed by atoms with Crippen molar-refractivity contribution in [2.24, 2.45) is 0 Å². The molecule has 1 aliphatic heterocycles. The average molecular weight is 333 g/mol. The van der Waals surface area contributed by atoms with Crippen LogP contribution in [-0.2, 0) is 10.3 Å². The van der Waals surface area contributed by atoms with Crippen molar-refractivity contribution in [1.29, 1.82) is 0 Å². The number of hydrogen-bond acceptors (Lipinski definition) is 3. The van der Waals surface area contributed by atoms with Crippen LogP contribution in [0.3, 0.4) is 0 Å². The Balaban J connectivity index is 1.92. The summed E-state index contributed by atoms with van der Waals surface area (Å²) in [5, 5.41) is 11.0. The van der Waals surface area contributed by atoms with Crippen LogP contribution in [0, 0.1) is 11.6 Å². The molecule has 1 heterocycles. The van der Waals surface area contributed by atoms with Gasteiger partial charge in [0.15, 0.2) is 0 Å². The van der Waals surface area contributed by atoms with Gasteiger partial charge in [0, 0.05) is 24.8 Å². The molecule has 0 bridgehead atoms. The van der Waals surface area contributed by atoms with Gasteiger partial charge >= 0.3 is 0 Å². The Labute approximate surface area is 140 Å². The molecule has 5 heteroatoms. The molecule has 1 fully saturated rings. The van der Waals surface area contributed by atoms with Crippen molar-refractivity contribution < 1.29 is 18.6 Å². The Hall–Kier alpha value is -1.98. The second-order valence-corrected chi connectivity index (χ2v) is 6.02. The smallest absolute Gasteiger partial charge is 0.126 e. The average Bonchev–Trinajstić information content (AvgIpc) is 2.61. The molecule has 128 valence electrons. The van der Waals surface area contributed by atoms with Crippen LogP contribution in [0.25, 0.3) is 0 Å². The van der Waals surface area contributed by atoms with E-state index in [1.807, 2.05) is 24.3 Å². The number of halogens is 2. The minimum absolute atomic E-state index is 0.224. The van der Waals surface area contributed by atoms with Gasteiger partial charge in [0.2, 0.25) is 0 Å². The summed E-state index contributed by atoms with van der Waals surface area (Å²) in [5.41, 5.74) is 0.464. The van der Waals surface area contributed by atoms with Crippen molar-refractivity contribution in [3.63, 3.8) is 0 Å². The van der Waals surface area contributed by atoms with Gasteiger partial charge in [-0.1, -0.05) is 19.1 Å². The zero-order valence-electron chi connectivity index (χ0n) is 13.6. The minimum Gasteiger partial charge on any atom is -0.380 e. The fourth-order valence-corrected chi connectivity index (χ4v) is 3.14. The van der Waals surface area contributed by atoms with Crippen molar-refractivity contribution in [1.82, 2.24) is 0 Å². The van der Waals surface area contributed by atoms with Gasteiger partial charge in [-0.2, -0.15) is 0 Å². The van der Waals surface area contributed by atoms with Gasteiger partial charge in [-0.3, -0.25) is 0 Å². The molecular weight excluding hydrogens is 312 g/mol. The van der Waals surface area contributed by atoms with Gasteiger partial charge in [-0.25, -0.2) is 8.78 Å². The molecule has 1 atom stereocenters. The Morgan fingerprint density at radius 3 is 2.12 bits per heavy atom. The zero-order chi connectivity index (χ0) is 17.2. The van der Waals surface area contributed by atoms with Crippen molar-refractivity contribution in [2.45, 2.75) is 18.9 Å². The van der Waals surface area contributed by atoms with Crippen molar-refractivity contribution >= 4 is 5.69 Å². The fourth-order valence-electron chi connectivity index (χ4n) is 3.14. The molecule has 1 N–H and O–H groups in total. The molecule has 2 aromatic carbocycles. The largest absolute Gasteiger partial charge is 0.380 e. The van der Waals surface area contributed by atoms with Crippen LogP contribution in [0.15, 0.2) is 42.5 Å². The molecule has 0 aliphatic carbocycles. The van der Waals surface area contributed by atoms with E-state index >= 15 is 0 Å². The summed E-state index contributed by atoms with van der Waals surface area (Å²) in [6.07, 6.45) is 0.312. The second kappa shape index (κ2) is 6.87. The maximum atomic E-state index is 13.5. The van der Waals surface area contributed by atoms with E-state index in [2.05, 4.69) is 4.90 Å². The second-order valence-electron chi connectivity index (χ2n) is 6.02. The van der Waals surface area contributed by atoms with E-state index in [1.165, 1.54) is 12.1 Å². The third-order valence-electron chi connectivity index (χ3n) is 4.57. The van der Waals surface area contributed by atoms with Gasteiger partial charge in [0.05, 0.1) is 13.2 Å². The summed E-state index contributed by atoms with van der Waals surface area (Å²) in [6.45, 7) is 4.84. The number of ether oxygens (including phenoxy) is 1. The highest BCUT2D eigenvalue weighted by molar-refractivity contribution is 5.50. The standard InChI is InChI=1S/C19H21F2NO2/c1-2-19(23,15-11-16(20)13-17(21)12-15)14-3-5-18(6-4-14)22-7-9-24-10-8-22/h3-6,11-13,23H,2,7-10H2,1H3. The molecule has 3 nitrogen and oxygen atoms in total. The van der Waals surface area contributed by atoms with E-state index in [0.717, 1.165) is 24.8 Å². The summed E-state index contributed by atoms with van der Waals surface area (Å²) < 4.78 is 32.4. The monoisotopic (exact) mass is 333 g/mol. The molecule has 0 saturated carbocycles. The highest BCUT2D eigenvalue weighted by Gasteiger charge is 2.30. The lowest BCUT2D eigenvalue weighted by molar-refractivity contribution is 0.0758. The molecule has 0 radical (unpaired) electrons. The van der Waals surface area contributed by atoms with Gasteiger partial charge in [-0.15, -0.1) is 0 Å². The lowest BCUT2D eigenvalue weighted by Gasteiger charge is -2.31. The Bertz CT molecular complexity index is 679. The number of benzene rings is 2. The summed E-state index contributed by atoms with van der Waals surface area (Å²) in [5.74, 6) is -1.39. The maximum Gasteiger partial charge on any atom is 0.126 e. The van der Waals surface area contributed by atoms with E-state index in [9.17, 15) is 13.9 Å². The van der Waals surface area contributed by atoms with Gasteiger partial charge < -0.3 is 14.7 Å². The highest BCUT2D eigenvalue weighted by atomic mass is 19.1. The SMILES string of the molecule is CCC(O)(c1ccc(N2CCOCC2)cc1)c1cc(F)cc(F)c1. The number of nitrogens with zero attached hydrogens (tertiary/aromatic N) is 1. The molecule has 1 aliphatic rings. The van der Waals surface area contributed by atoms with E-state index in [1.54, 1.807) is 6.92 Å². The van der Waals surface area contributed by atoms with E-state index in [0.29, 0.717) is 25.2 Å². The van der Waals surface area contributed by atoms with Crippen LogP contribution in [0.2, 0.25) is 0 Å². The van der Waals surface area contributed by atoms with E-state index in [4.69, 9.17) is 4.74 Å². The molecule has 2 aromatic rings. The van der Waals surface area contributed by atoms with Crippen LogP contribution in [-0.4, -0.2) is 31.4 Å². The molecule has 0 aromatic heterocycles. The molecule has 3 rings (SSSR count). The third kappa shape index (κ3) is 3.28. The van der Waals surface area contributed by atoms with Crippen LogP contribution >= 0.6 is 0 Å². The zero-order valence-corrected chi connectivity index (χ0v) is 13.6. The van der Waals surface area contributed by atoms with E-state index < -0.39 is 17.2 Å². The van der Waals surface area contributed by atoms with Crippen molar-refractivity contribution in [3.8, 4) is 0 Å². The Kier molecular flexibility index (Phi) is 4.83. The molecule has 0 spiro atoms. The van der Waals surface area contributed by atoms with Crippen molar-refractivity contribution in [3.05, 3.63) is 65.2 Å². The summed E-state index contributed by atoms with van der Waals surface area (Å²) >= 11 is 0. The normalized spacial score (nSPS) is 17.6. The predicted octanol–water partition coefficient (Wildman–Crippen LogP) is 3.45. The van der Waals surface area contributed by atoms with Crippen LogP contribution in [0.1, 0.15) is 24.5 Å². The minimum atomic E-state index is -1.42. The summed E-state index contributed by atoms with van der Waals surface area (Å²) in [7, 11) is 0. The first-order chi connectivity index (χ1) is 11.5. The Morgan fingerprint density at radius 1 is 1.00 bits per heavy atom. The number of rotatable bonds is 4. The van der Waals surface area contributed by atoms with Gasteiger partial charge in [-0.05, 0) is 41.8 Å². The lowest BCUT2D eigenvalue weighted by atomic mass is 9.84. The molecule has 24 heavy (non-hydrogen) atoms. The lowest BCUT2D eigenvalue weighted by Crippen LogP contribution is -2.36. The highest BCUT2D eigenvalue weighted by Crippen LogP contribution is 2.34. The van der Waals surface area contributed by atoms with Crippen LogP contribution in [0.4, 0.5) is 14.5 Å². The van der Waals surface area contributed by atoms with Crippen LogP contribution < -0.4 is 4.90 Å². The summed E-state index contributed by atoms with van der Waals surface area (Å²) in [6, 6.07) is 10.7. The first-order valence-electron chi connectivity index (χ1n) is 8.15.